The lowest BCUT2D eigenvalue weighted by Crippen LogP contribution is -2.38. The third kappa shape index (κ3) is 14.8. The van der Waals surface area contributed by atoms with Gasteiger partial charge in [-0.2, -0.15) is 0 Å². The molecule has 0 unspecified atom stereocenters. The second-order valence-corrected chi connectivity index (χ2v) is 10.8. The molecule has 1 aliphatic carbocycles. The van der Waals surface area contributed by atoms with Gasteiger partial charge in [0.2, 0.25) is 0 Å². The third-order valence-corrected chi connectivity index (χ3v) is 7.61. The Labute approximate surface area is 227 Å². The Kier molecular flexibility index (Phi) is 18.3. The van der Waals surface area contributed by atoms with Crippen molar-refractivity contribution in [3.05, 3.63) is 35.9 Å². The van der Waals surface area contributed by atoms with E-state index in [2.05, 4.69) is 24.4 Å². The smallest absolute Gasteiger partial charge is 0.407 e. The highest BCUT2D eigenvalue weighted by atomic mass is 16.6. The zero-order valence-electron chi connectivity index (χ0n) is 23.9. The van der Waals surface area contributed by atoms with Crippen LogP contribution in [0.15, 0.2) is 30.3 Å². The summed E-state index contributed by atoms with van der Waals surface area (Å²) in [6.45, 7) is 3.50. The number of unbranched alkanes of at least 4 members (excludes halogenated alkanes) is 15. The molecule has 37 heavy (non-hydrogen) atoms. The van der Waals surface area contributed by atoms with Crippen LogP contribution in [0.4, 0.5) is 4.79 Å². The Morgan fingerprint density at radius 2 is 1.27 bits per heavy atom. The molecule has 1 aromatic carbocycles. The van der Waals surface area contributed by atoms with Crippen LogP contribution >= 0.6 is 0 Å². The van der Waals surface area contributed by atoms with Crippen LogP contribution in [0.1, 0.15) is 128 Å². The first-order valence-electron chi connectivity index (χ1n) is 15.4. The van der Waals surface area contributed by atoms with E-state index in [0.717, 1.165) is 31.2 Å². The van der Waals surface area contributed by atoms with Gasteiger partial charge in [0.15, 0.2) is 0 Å². The highest BCUT2D eigenvalue weighted by Crippen LogP contribution is 2.28. The first-order valence-corrected chi connectivity index (χ1v) is 15.4. The summed E-state index contributed by atoms with van der Waals surface area (Å²) >= 11 is 0. The Hall–Kier alpha value is -1.59. The average Bonchev–Trinajstić information content (AvgIpc) is 3.30. The van der Waals surface area contributed by atoms with E-state index in [0.29, 0.717) is 13.2 Å². The van der Waals surface area contributed by atoms with E-state index in [4.69, 9.17) is 14.2 Å². The van der Waals surface area contributed by atoms with Crippen molar-refractivity contribution in [1.82, 2.24) is 5.32 Å². The molecule has 0 aliphatic heterocycles. The van der Waals surface area contributed by atoms with E-state index in [1.54, 1.807) is 7.11 Å². The fourth-order valence-electron chi connectivity index (χ4n) is 5.32. The molecule has 0 spiro atoms. The third-order valence-electron chi connectivity index (χ3n) is 7.61. The summed E-state index contributed by atoms with van der Waals surface area (Å²) in [5.41, 5.74) is 1.14. The first-order chi connectivity index (χ1) is 18.2. The molecule has 3 atom stereocenters. The number of ether oxygens (including phenoxy) is 3. The molecule has 5 nitrogen and oxygen atoms in total. The van der Waals surface area contributed by atoms with Crippen LogP contribution in [0.2, 0.25) is 0 Å². The molecule has 1 N–H and O–H groups in total. The SMILES string of the molecule is CCCCCCCCCCCCCCCCCCNC(=O)O[C@@H]1CC[C@@H](OCc2ccccc2)[C@@H]1OC. The van der Waals surface area contributed by atoms with Crippen molar-refractivity contribution in [1.29, 1.82) is 0 Å². The van der Waals surface area contributed by atoms with Gasteiger partial charge in [-0.1, -0.05) is 134 Å². The summed E-state index contributed by atoms with van der Waals surface area (Å²) in [4.78, 5) is 12.3. The maximum atomic E-state index is 12.3. The zero-order valence-corrected chi connectivity index (χ0v) is 23.9. The lowest BCUT2D eigenvalue weighted by atomic mass is 10.0. The van der Waals surface area contributed by atoms with Crippen molar-refractivity contribution in [2.75, 3.05) is 13.7 Å². The van der Waals surface area contributed by atoms with E-state index in [9.17, 15) is 4.79 Å². The van der Waals surface area contributed by atoms with Gasteiger partial charge >= 0.3 is 6.09 Å². The van der Waals surface area contributed by atoms with Gasteiger partial charge in [0, 0.05) is 13.7 Å². The minimum absolute atomic E-state index is 0.0525. The quantitative estimate of drug-likeness (QED) is 0.156. The van der Waals surface area contributed by atoms with Crippen LogP contribution in [0.3, 0.4) is 0 Å². The molecule has 1 aliphatic rings. The molecule has 212 valence electrons. The molecule has 1 fully saturated rings. The normalized spacial score (nSPS) is 19.2. The van der Waals surface area contributed by atoms with Crippen LogP contribution in [-0.4, -0.2) is 38.1 Å². The number of carbonyl (C=O) groups is 1. The lowest BCUT2D eigenvalue weighted by Gasteiger charge is -2.23. The second kappa shape index (κ2) is 21.4. The fraction of sp³-hybridized carbons (Fsp3) is 0.781. The maximum absolute atomic E-state index is 12.3. The van der Waals surface area contributed by atoms with Gasteiger partial charge in [-0.05, 0) is 24.8 Å². The molecule has 0 heterocycles. The summed E-state index contributed by atoms with van der Waals surface area (Å²) in [6.07, 6.45) is 22.3. The molecule has 2 rings (SSSR count). The number of hydrogen-bond donors (Lipinski definition) is 1. The number of rotatable bonds is 22. The van der Waals surface area contributed by atoms with Crippen LogP contribution in [0.25, 0.3) is 0 Å². The molecule has 5 heteroatoms. The number of nitrogens with one attached hydrogen (secondary N) is 1. The minimum atomic E-state index is -0.336. The Morgan fingerprint density at radius 3 is 1.81 bits per heavy atom. The first kappa shape index (κ1) is 31.6. The molecule has 0 radical (unpaired) electrons. The van der Waals surface area contributed by atoms with Crippen LogP contribution in [-0.2, 0) is 20.8 Å². The van der Waals surface area contributed by atoms with Crippen LogP contribution in [0.5, 0.6) is 0 Å². The standard InChI is InChI=1S/C32H55NO4/c1-3-4-5-6-7-8-9-10-11-12-13-14-15-16-17-21-26-33-32(34)37-30-25-24-29(31(30)35-2)36-27-28-22-19-18-20-23-28/h18-20,22-23,29-31H,3-17,21,24-27H2,1-2H3,(H,33,34)/t29-,30-,31+/m1/s1. The van der Waals surface area contributed by atoms with E-state index >= 15 is 0 Å². The Balaban J connectivity index is 1.39. The highest BCUT2D eigenvalue weighted by molar-refractivity contribution is 5.67. The lowest BCUT2D eigenvalue weighted by molar-refractivity contribution is -0.0817. The number of alkyl carbamates (subject to hydrolysis) is 1. The molecule has 0 bridgehead atoms. The summed E-state index contributed by atoms with van der Waals surface area (Å²) in [7, 11) is 1.67. The Morgan fingerprint density at radius 1 is 0.757 bits per heavy atom. The number of methoxy groups -OCH3 is 1. The van der Waals surface area contributed by atoms with Gasteiger partial charge in [-0.25, -0.2) is 4.79 Å². The summed E-state index contributed by atoms with van der Waals surface area (Å²) in [6, 6.07) is 10.1. The van der Waals surface area contributed by atoms with E-state index in [-0.39, 0.29) is 24.4 Å². The summed E-state index contributed by atoms with van der Waals surface area (Å²) < 4.78 is 17.4. The molecule has 1 aromatic rings. The number of carbonyl (C=O) groups excluding carboxylic acids is 1. The maximum Gasteiger partial charge on any atom is 0.407 e. The summed E-state index contributed by atoms with van der Waals surface area (Å²) in [5, 5.41) is 2.92. The van der Waals surface area contributed by atoms with Crippen molar-refractivity contribution in [3.63, 3.8) is 0 Å². The van der Waals surface area contributed by atoms with Gasteiger partial charge in [0.05, 0.1) is 12.7 Å². The highest BCUT2D eigenvalue weighted by Gasteiger charge is 2.39. The van der Waals surface area contributed by atoms with Gasteiger partial charge in [0.25, 0.3) is 0 Å². The average molecular weight is 518 g/mol. The fourth-order valence-corrected chi connectivity index (χ4v) is 5.32. The number of amides is 1. The van der Waals surface area contributed by atoms with Crippen molar-refractivity contribution in [2.24, 2.45) is 0 Å². The van der Waals surface area contributed by atoms with Crippen molar-refractivity contribution in [3.8, 4) is 0 Å². The van der Waals surface area contributed by atoms with Gasteiger partial charge < -0.3 is 19.5 Å². The largest absolute Gasteiger partial charge is 0.443 e. The predicted octanol–water partition coefficient (Wildman–Crippen LogP) is 8.74. The van der Waals surface area contributed by atoms with Gasteiger partial charge in [-0.3, -0.25) is 0 Å². The van der Waals surface area contributed by atoms with E-state index in [1.807, 2.05) is 18.2 Å². The molecule has 1 amide bonds. The van der Waals surface area contributed by atoms with E-state index < -0.39 is 0 Å². The van der Waals surface area contributed by atoms with Gasteiger partial charge in [-0.15, -0.1) is 0 Å². The van der Waals surface area contributed by atoms with Crippen LogP contribution < -0.4 is 5.32 Å². The zero-order chi connectivity index (χ0) is 26.4. The molecular weight excluding hydrogens is 462 g/mol. The van der Waals surface area contributed by atoms with Crippen molar-refractivity contribution < 1.29 is 19.0 Å². The topological polar surface area (TPSA) is 56.8 Å². The van der Waals surface area contributed by atoms with Gasteiger partial charge in [0.1, 0.15) is 12.2 Å². The van der Waals surface area contributed by atoms with Crippen LogP contribution in [0, 0.1) is 0 Å². The number of hydrogen-bond acceptors (Lipinski definition) is 4. The second-order valence-electron chi connectivity index (χ2n) is 10.8. The molecular formula is C32H55NO4. The van der Waals surface area contributed by atoms with E-state index in [1.165, 1.54) is 89.9 Å². The molecule has 0 saturated heterocycles. The molecule has 0 aromatic heterocycles. The van der Waals surface area contributed by atoms with Crippen molar-refractivity contribution in [2.45, 2.75) is 147 Å². The number of benzene rings is 1. The van der Waals surface area contributed by atoms with Crippen molar-refractivity contribution >= 4 is 6.09 Å². The summed E-state index contributed by atoms with van der Waals surface area (Å²) in [5.74, 6) is 0. The molecule has 1 saturated carbocycles. The Bertz CT molecular complexity index is 668. The predicted molar refractivity (Wildman–Crippen MR) is 153 cm³/mol. The minimum Gasteiger partial charge on any atom is -0.443 e. The monoisotopic (exact) mass is 517 g/mol.